The summed E-state index contributed by atoms with van der Waals surface area (Å²) in [5.74, 6) is -0.195. The van der Waals surface area contributed by atoms with Crippen molar-refractivity contribution in [3.63, 3.8) is 0 Å². The summed E-state index contributed by atoms with van der Waals surface area (Å²) in [5, 5.41) is 27.3. The van der Waals surface area contributed by atoms with Gasteiger partial charge in [0.15, 0.2) is 5.82 Å². The number of ether oxygens (including phenoxy) is 1. The minimum absolute atomic E-state index is 0.116. The highest BCUT2D eigenvalue weighted by Crippen LogP contribution is 2.22. The third-order valence-corrected chi connectivity index (χ3v) is 8.54. The molecule has 6 rings (SSSR count). The molecule has 16 heteroatoms. The standard InChI is InChI=1S/C36H47N11O5/c1-22(2)15-27-20-52-28-13-11-26(12-14-28)17-29(40-31(48)18-46-21-37-44-45-46)35(50)41-30(16-25-9-7-6-8-10-25)36(51)42-33(23(3)4)34-38-24(5)43-47(34)19-32(49)39-27/h6-14,21-23,27,29-30,33H,15-20H2,1-5H3,(H,39,49)(H,40,48)(H,41,50)(H,42,51)/t27-,29-,30-,33-/m0/s1. The third-order valence-electron chi connectivity index (χ3n) is 8.54. The Morgan fingerprint density at radius 3 is 2.40 bits per heavy atom. The largest absolute Gasteiger partial charge is 0.491 e. The van der Waals surface area contributed by atoms with E-state index in [2.05, 4.69) is 60.7 Å². The van der Waals surface area contributed by atoms with E-state index in [0.29, 0.717) is 23.8 Å². The molecule has 0 radical (unpaired) electrons. The van der Waals surface area contributed by atoms with Crippen molar-refractivity contribution < 1.29 is 23.9 Å². The Kier molecular flexibility index (Phi) is 12.7. The molecule has 276 valence electrons. The molecule has 52 heavy (non-hydrogen) atoms. The molecular formula is C36H47N11O5. The zero-order valence-electron chi connectivity index (χ0n) is 30.2. The molecule has 2 aliphatic rings. The summed E-state index contributed by atoms with van der Waals surface area (Å²) in [6.07, 6.45) is 2.28. The molecule has 2 aliphatic heterocycles. The molecule has 16 nitrogen and oxygen atoms in total. The van der Waals surface area contributed by atoms with Crippen LogP contribution >= 0.6 is 0 Å². The lowest BCUT2D eigenvalue weighted by Crippen LogP contribution is -2.56. The van der Waals surface area contributed by atoms with Crippen molar-refractivity contribution in [3.05, 3.63) is 83.7 Å². The quantitative estimate of drug-likeness (QED) is 0.207. The van der Waals surface area contributed by atoms with Crippen LogP contribution in [0.15, 0.2) is 60.9 Å². The second-order valence-electron chi connectivity index (χ2n) is 13.8. The number of hydrogen-bond donors (Lipinski definition) is 4. The number of rotatable bonds is 8. The van der Waals surface area contributed by atoms with Crippen LogP contribution in [-0.2, 0) is 45.1 Å². The van der Waals surface area contributed by atoms with E-state index in [-0.39, 0.29) is 56.3 Å². The number of nitrogens with one attached hydrogen (secondary N) is 4. The van der Waals surface area contributed by atoms with E-state index in [4.69, 9.17) is 4.74 Å². The molecule has 2 aromatic heterocycles. The average Bonchev–Trinajstić information content (AvgIpc) is 3.74. The van der Waals surface area contributed by atoms with Crippen LogP contribution in [0.4, 0.5) is 0 Å². The molecule has 4 amide bonds. The highest BCUT2D eigenvalue weighted by atomic mass is 16.5. The number of nitrogens with zero attached hydrogens (tertiary/aromatic N) is 7. The molecule has 0 unspecified atom stereocenters. The van der Waals surface area contributed by atoms with E-state index < -0.39 is 35.8 Å². The van der Waals surface area contributed by atoms with Crippen molar-refractivity contribution in [3.8, 4) is 5.75 Å². The van der Waals surface area contributed by atoms with Gasteiger partial charge in [-0.05, 0) is 58.9 Å². The van der Waals surface area contributed by atoms with Gasteiger partial charge in [0.1, 0.15) is 49.7 Å². The number of tetrazole rings is 1. The summed E-state index contributed by atoms with van der Waals surface area (Å²) in [7, 11) is 0. The molecule has 4 aromatic rings. The Morgan fingerprint density at radius 2 is 1.73 bits per heavy atom. The van der Waals surface area contributed by atoms with Gasteiger partial charge in [-0.1, -0.05) is 70.2 Å². The second-order valence-corrected chi connectivity index (χ2v) is 13.8. The van der Waals surface area contributed by atoms with Crippen LogP contribution in [0.2, 0.25) is 0 Å². The number of benzene rings is 2. The van der Waals surface area contributed by atoms with Gasteiger partial charge in [-0.3, -0.25) is 19.2 Å². The normalized spacial score (nSPS) is 20.4. The van der Waals surface area contributed by atoms with E-state index in [9.17, 15) is 19.2 Å². The van der Waals surface area contributed by atoms with Crippen LogP contribution in [0.3, 0.4) is 0 Å². The first kappa shape index (κ1) is 37.6. The number of hydrogen-bond acceptors (Lipinski definition) is 10. The SMILES string of the molecule is Cc1nc2n(n1)CC(=O)N[C@@H](CC(C)C)COc1ccc(cc1)C[C@H](NC(=O)Cn1cnnn1)C(=O)N[C@@H](Cc1ccccc1)C(=O)N[C@H]2C(C)C. The summed E-state index contributed by atoms with van der Waals surface area (Å²) < 4.78 is 8.87. The Hall–Kier alpha value is -5.67. The van der Waals surface area contributed by atoms with Gasteiger partial charge in [0.2, 0.25) is 23.6 Å². The molecule has 2 aromatic carbocycles. The first-order valence-corrected chi connectivity index (χ1v) is 17.5. The summed E-state index contributed by atoms with van der Waals surface area (Å²) in [6.45, 7) is 9.65. The van der Waals surface area contributed by atoms with Crippen LogP contribution in [0.5, 0.6) is 5.75 Å². The van der Waals surface area contributed by atoms with Gasteiger partial charge in [-0.25, -0.2) is 14.3 Å². The van der Waals surface area contributed by atoms with Crippen LogP contribution < -0.4 is 26.0 Å². The lowest BCUT2D eigenvalue weighted by atomic mass is 10.00. The monoisotopic (exact) mass is 713 g/mol. The zero-order valence-corrected chi connectivity index (χ0v) is 30.2. The van der Waals surface area contributed by atoms with Gasteiger partial charge in [0, 0.05) is 12.8 Å². The van der Waals surface area contributed by atoms with Gasteiger partial charge in [0.05, 0.1) is 12.1 Å². The van der Waals surface area contributed by atoms with Crippen molar-refractivity contribution in [2.45, 2.75) is 91.1 Å². The Bertz CT molecular complexity index is 1790. The second kappa shape index (κ2) is 17.5. The highest BCUT2D eigenvalue weighted by Gasteiger charge is 2.32. The molecule has 4 heterocycles. The Labute approximate surface area is 302 Å². The topological polar surface area (TPSA) is 200 Å². The maximum absolute atomic E-state index is 14.2. The summed E-state index contributed by atoms with van der Waals surface area (Å²) >= 11 is 0. The number of aryl methyl sites for hydroxylation is 1. The molecule has 4 N–H and O–H groups in total. The fourth-order valence-electron chi connectivity index (χ4n) is 6.08. The maximum Gasteiger partial charge on any atom is 0.243 e. The van der Waals surface area contributed by atoms with Crippen LogP contribution in [0.25, 0.3) is 0 Å². The minimum Gasteiger partial charge on any atom is -0.491 e. The third kappa shape index (κ3) is 10.7. The van der Waals surface area contributed by atoms with E-state index in [1.165, 1.54) is 15.7 Å². The van der Waals surface area contributed by atoms with Crippen molar-refractivity contribution in [1.82, 2.24) is 56.2 Å². The van der Waals surface area contributed by atoms with Gasteiger partial charge >= 0.3 is 0 Å². The first-order valence-electron chi connectivity index (χ1n) is 17.5. The minimum atomic E-state index is -1.05. The maximum atomic E-state index is 14.2. The molecule has 2 bridgehead atoms. The molecule has 0 fully saturated rings. The first-order chi connectivity index (χ1) is 24.9. The number of fused-ring (bicyclic) bond motifs is 14. The van der Waals surface area contributed by atoms with Crippen molar-refractivity contribution in [2.24, 2.45) is 11.8 Å². The van der Waals surface area contributed by atoms with Crippen molar-refractivity contribution in [1.29, 1.82) is 0 Å². The lowest BCUT2D eigenvalue weighted by Gasteiger charge is -2.27. The van der Waals surface area contributed by atoms with Gasteiger partial charge < -0.3 is 26.0 Å². The number of carbonyl (C=O) groups excluding carboxylic acids is 4. The summed E-state index contributed by atoms with van der Waals surface area (Å²) in [5.41, 5.74) is 1.57. The molecule has 4 atom stereocenters. The zero-order chi connectivity index (χ0) is 37.2. The molecular weight excluding hydrogens is 666 g/mol. The Morgan fingerprint density at radius 1 is 0.981 bits per heavy atom. The van der Waals surface area contributed by atoms with Crippen LogP contribution in [0, 0.1) is 18.8 Å². The number of carbonyl (C=O) groups is 4. The molecule has 0 spiro atoms. The molecule has 0 saturated carbocycles. The van der Waals surface area contributed by atoms with Crippen molar-refractivity contribution in [2.75, 3.05) is 6.61 Å². The van der Waals surface area contributed by atoms with Gasteiger partial charge in [-0.2, -0.15) is 5.10 Å². The van der Waals surface area contributed by atoms with E-state index >= 15 is 0 Å². The van der Waals surface area contributed by atoms with Crippen LogP contribution in [0.1, 0.15) is 62.9 Å². The predicted molar refractivity (Wildman–Crippen MR) is 189 cm³/mol. The molecule has 0 saturated heterocycles. The number of amides is 4. The smallest absolute Gasteiger partial charge is 0.243 e. The molecule has 0 aliphatic carbocycles. The fourth-order valence-corrected chi connectivity index (χ4v) is 6.08. The summed E-state index contributed by atoms with van der Waals surface area (Å²) in [6, 6.07) is 13.5. The fraction of sp³-hybridized carbons (Fsp3) is 0.472. The Balaban J connectivity index is 1.51. The lowest BCUT2D eigenvalue weighted by molar-refractivity contribution is -0.132. The van der Waals surface area contributed by atoms with Crippen LogP contribution in [-0.4, -0.2) is 83.3 Å². The van der Waals surface area contributed by atoms with E-state index in [1.807, 2.05) is 56.3 Å². The van der Waals surface area contributed by atoms with Crippen molar-refractivity contribution >= 4 is 23.6 Å². The average molecular weight is 714 g/mol. The van der Waals surface area contributed by atoms with Gasteiger partial charge in [-0.15, -0.1) is 5.10 Å². The highest BCUT2D eigenvalue weighted by molar-refractivity contribution is 5.92. The van der Waals surface area contributed by atoms with E-state index in [0.717, 1.165) is 11.1 Å². The number of aromatic nitrogens is 7. The predicted octanol–water partition coefficient (Wildman–Crippen LogP) is 1.46. The van der Waals surface area contributed by atoms with Gasteiger partial charge in [0.25, 0.3) is 0 Å². The summed E-state index contributed by atoms with van der Waals surface area (Å²) in [4.78, 5) is 59.5. The van der Waals surface area contributed by atoms with E-state index in [1.54, 1.807) is 19.1 Å².